The van der Waals surface area contributed by atoms with Crippen LogP contribution in [0.25, 0.3) is 0 Å². The molecule has 1 N–H and O–H groups in total. The molecular weight excluding hydrogens is 429 g/mol. The maximum Gasteiger partial charge on any atom is 0.460 e. The van der Waals surface area contributed by atoms with Crippen LogP contribution in [0.3, 0.4) is 0 Å². The Morgan fingerprint density at radius 1 is 0.643 bits per heavy atom. The van der Waals surface area contributed by atoms with E-state index in [0.29, 0.717) is 12.8 Å². The number of hydrogen-bond donors (Lipinski definition) is 1. The number of nitrogens with one attached hydrogen (secondary N) is 1. The van der Waals surface area contributed by atoms with Crippen LogP contribution in [-0.2, 0) is 10.0 Å². The maximum atomic E-state index is 13.4. The minimum absolute atomic E-state index is 0.0640. The van der Waals surface area contributed by atoms with E-state index in [2.05, 4.69) is 0 Å². The Balaban J connectivity index is 4.64. The van der Waals surface area contributed by atoms with Crippen LogP contribution in [-0.4, -0.2) is 38.2 Å². The Kier molecular flexibility index (Phi) is 10.1. The molecule has 0 aliphatic rings. The van der Waals surface area contributed by atoms with Gasteiger partial charge in [-0.3, -0.25) is 0 Å². The van der Waals surface area contributed by atoms with Crippen LogP contribution in [0, 0.1) is 0 Å². The molecule has 0 radical (unpaired) electrons. The second-order valence-electron chi connectivity index (χ2n) is 6.39. The Morgan fingerprint density at radius 2 is 1.04 bits per heavy atom. The first-order valence-corrected chi connectivity index (χ1v) is 10.2. The molecule has 0 unspecified atom stereocenters. The van der Waals surface area contributed by atoms with Gasteiger partial charge in [-0.1, -0.05) is 58.3 Å². The van der Waals surface area contributed by atoms with E-state index in [1.54, 1.807) is 0 Å². The Labute approximate surface area is 158 Å². The highest BCUT2D eigenvalue weighted by molar-refractivity contribution is 7.90. The number of sulfonamides is 1. The van der Waals surface area contributed by atoms with Gasteiger partial charge in [-0.15, -0.1) is 0 Å². The van der Waals surface area contributed by atoms with Crippen molar-refractivity contribution in [2.45, 2.75) is 88.0 Å². The normalized spacial score (nSPS) is 14.5. The standard InChI is InChI=1S/C15H24F9NO2S/c1-2-3-4-5-6-7-8-9-10-11-25-28(26,27)15(23,24)13(18,19)12(16,17)14(20,21)22/h25H,2-11H2,1H3. The minimum Gasteiger partial charge on any atom is -0.210 e. The largest absolute Gasteiger partial charge is 0.460 e. The first-order valence-electron chi connectivity index (χ1n) is 8.75. The Hall–Kier alpha value is -0.720. The van der Waals surface area contributed by atoms with Crippen molar-refractivity contribution in [1.82, 2.24) is 4.72 Å². The van der Waals surface area contributed by atoms with Gasteiger partial charge in [0.25, 0.3) is 10.0 Å². The molecule has 0 saturated heterocycles. The van der Waals surface area contributed by atoms with Crippen molar-refractivity contribution in [3.63, 3.8) is 0 Å². The number of halogens is 9. The average Bonchev–Trinajstić information content (AvgIpc) is 2.55. The zero-order valence-corrected chi connectivity index (χ0v) is 16.0. The highest BCUT2D eigenvalue weighted by Crippen LogP contribution is 2.54. The predicted molar refractivity (Wildman–Crippen MR) is 85.0 cm³/mol. The SMILES string of the molecule is CCCCCCCCCCCNS(=O)(=O)C(F)(F)C(F)(F)C(F)(F)C(F)(F)F. The molecule has 0 spiro atoms. The Morgan fingerprint density at radius 3 is 1.43 bits per heavy atom. The maximum absolute atomic E-state index is 13.4. The first-order chi connectivity index (χ1) is 12.6. The molecule has 0 bridgehead atoms. The highest BCUT2D eigenvalue weighted by atomic mass is 32.2. The summed E-state index contributed by atoms with van der Waals surface area (Å²) in [7, 11) is -6.48. The fraction of sp³-hybridized carbons (Fsp3) is 1.00. The van der Waals surface area contributed by atoms with E-state index in [-0.39, 0.29) is 6.42 Å². The van der Waals surface area contributed by atoms with Crippen molar-refractivity contribution in [1.29, 1.82) is 0 Å². The summed E-state index contributed by atoms with van der Waals surface area (Å²) in [6.07, 6.45) is -0.281. The highest BCUT2D eigenvalue weighted by Gasteiger charge is 2.85. The minimum atomic E-state index is -7.24. The van der Waals surface area contributed by atoms with Gasteiger partial charge in [0.05, 0.1) is 0 Å². The van der Waals surface area contributed by atoms with Crippen molar-refractivity contribution < 1.29 is 47.9 Å². The van der Waals surface area contributed by atoms with Gasteiger partial charge in [-0.05, 0) is 6.42 Å². The smallest absolute Gasteiger partial charge is 0.210 e. The molecule has 0 aromatic carbocycles. The lowest BCUT2D eigenvalue weighted by Crippen LogP contribution is -2.64. The molecule has 0 aliphatic carbocycles. The van der Waals surface area contributed by atoms with Crippen molar-refractivity contribution in [2.24, 2.45) is 0 Å². The van der Waals surface area contributed by atoms with Gasteiger partial charge in [0.15, 0.2) is 0 Å². The zero-order chi connectivity index (χ0) is 22.3. The van der Waals surface area contributed by atoms with Gasteiger partial charge in [0.1, 0.15) is 0 Å². The summed E-state index contributed by atoms with van der Waals surface area (Å²) in [6, 6.07) is 0. The summed E-state index contributed by atoms with van der Waals surface area (Å²) in [6.45, 7) is 1.26. The summed E-state index contributed by atoms with van der Waals surface area (Å²) in [5, 5.41) is -6.67. The lowest BCUT2D eigenvalue weighted by Gasteiger charge is -2.33. The van der Waals surface area contributed by atoms with E-state index >= 15 is 0 Å². The summed E-state index contributed by atoms with van der Waals surface area (Å²) in [4.78, 5) is 0. The van der Waals surface area contributed by atoms with Crippen molar-refractivity contribution in [3.05, 3.63) is 0 Å². The van der Waals surface area contributed by atoms with E-state index in [0.717, 1.165) is 43.2 Å². The number of rotatable bonds is 14. The average molecular weight is 453 g/mol. The molecule has 3 nitrogen and oxygen atoms in total. The monoisotopic (exact) mass is 453 g/mol. The second kappa shape index (κ2) is 10.4. The van der Waals surface area contributed by atoms with Gasteiger partial charge in [0, 0.05) is 6.54 Å². The summed E-state index contributed by atoms with van der Waals surface area (Å²) >= 11 is 0. The molecule has 0 fully saturated rings. The second-order valence-corrected chi connectivity index (χ2v) is 8.20. The predicted octanol–water partition coefficient (Wildman–Crippen LogP) is 5.86. The Bertz CT molecular complexity index is 562. The first kappa shape index (κ1) is 27.3. The molecule has 13 heteroatoms. The van der Waals surface area contributed by atoms with Gasteiger partial charge < -0.3 is 0 Å². The van der Waals surface area contributed by atoms with Crippen molar-refractivity contribution in [3.8, 4) is 0 Å². The summed E-state index contributed by atoms with van der Waals surface area (Å²) in [5.74, 6) is -14.4. The van der Waals surface area contributed by atoms with Gasteiger partial charge in [-0.25, -0.2) is 13.1 Å². The molecular formula is C15H24F9NO2S. The third kappa shape index (κ3) is 6.39. The van der Waals surface area contributed by atoms with Gasteiger partial charge in [-0.2, -0.15) is 39.5 Å². The zero-order valence-electron chi connectivity index (χ0n) is 15.2. The van der Waals surface area contributed by atoms with E-state index in [1.165, 1.54) is 0 Å². The molecule has 28 heavy (non-hydrogen) atoms. The van der Waals surface area contributed by atoms with Crippen LogP contribution in [0.4, 0.5) is 39.5 Å². The molecule has 170 valence electrons. The van der Waals surface area contributed by atoms with E-state index in [9.17, 15) is 47.9 Å². The number of unbranched alkanes of at least 4 members (excludes halogenated alkanes) is 8. The number of alkyl halides is 9. The van der Waals surface area contributed by atoms with Crippen LogP contribution in [0.2, 0.25) is 0 Å². The molecule has 0 rings (SSSR count). The fourth-order valence-corrected chi connectivity index (χ4v) is 3.32. The lowest BCUT2D eigenvalue weighted by molar-refractivity contribution is -0.382. The molecule has 0 aromatic heterocycles. The summed E-state index contributed by atoms with van der Waals surface area (Å²) in [5.41, 5.74) is 0. The van der Waals surface area contributed by atoms with Gasteiger partial charge >= 0.3 is 23.3 Å². The van der Waals surface area contributed by atoms with Gasteiger partial charge in [0.2, 0.25) is 0 Å². The van der Waals surface area contributed by atoms with Crippen LogP contribution in [0.5, 0.6) is 0 Å². The fourth-order valence-electron chi connectivity index (χ4n) is 2.26. The summed E-state index contributed by atoms with van der Waals surface area (Å²) < 4.78 is 138. The molecule has 0 aliphatic heterocycles. The topological polar surface area (TPSA) is 46.2 Å². The molecule has 0 heterocycles. The molecule has 0 saturated carbocycles. The van der Waals surface area contributed by atoms with Crippen molar-refractivity contribution >= 4 is 10.0 Å². The third-order valence-electron chi connectivity index (χ3n) is 4.03. The van der Waals surface area contributed by atoms with E-state index in [1.807, 2.05) is 6.92 Å². The van der Waals surface area contributed by atoms with E-state index < -0.39 is 39.8 Å². The molecule has 0 aromatic rings. The third-order valence-corrected chi connectivity index (χ3v) is 5.54. The lowest BCUT2D eigenvalue weighted by atomic mass is 10.1. The van der Waals surface area contributed by atoms with Crippen LogP contribution < -0.4 is 4.72 Å². The molecule has 0 atom stereocenters. The number of hydrogen-bond acceptors (Lipinski definition) is 2. The van der Waals surface area contributed by atoms with Crippen LogP contribution >= 0.6 is 0 Å². The quantitative estimate of drug-likeness (QED) is 0.264. The van der Waals surface area contributed by atoms with E-state index in [4.69, 9.17) is 0 Å². The van der Waals surface area contributed by atoms with Crippen molar-refractivity contribution in [2.75, 3.05) is 6.54 Å². The molecule has 0 amide bonds. The van der Waals surface area contributed by atoms with Crippen LogP contribution in [0.15, 0.2) is 0 Å². The van der Waals surface area contributed by atoms with Crippen LogP contribution in [0.1, 0.15) is 64.7 Å².